The lowest BCUT2D eigenvalue weighted by Crippen LogP contribution is -2.40. The average Bonchev–Trinajstić information content (AvgIpc) is 2.51. The lowest BCUT2D eigenvalue weighted by Gasteiger charge is -2.30. The summed E-state index contributed by atoms with van der Waals surface area (Å²) >= 11 is 0. The Balaban J connectivity index is 4.20. The molecule has 0 radical (unpaired) electrons. The van der Waals surface area contributed by atoms with Gasteiger partial charge in [0.1, 0.15) is 0 Å². The number of rotatable bonds is 5. The lowest BCUT2D eigenvalue weighted by atomic mass is 9.86. The van der Waals surface area contributed by atoms with Gasteiger partial charge in [0.15, 0.2) is 0 Å². The summed E-state index contributed by atoms with van der Waals surface area (Å²) < 4.78 is 196. The highest BCUT2D eigenvalue weighted by molar-refractivity contribution is 5.47. The molecule has 0 saturated carbocycles. The minimum absolute atomic E-state index is 0.628. The molecule has 1 rings (SSSR count). The van der Waals surface area contributed by atoms with Crippen LogP contribution in [0.5, 0.6) is 0 Å². The molecule has 1 aromatic rings. The number of halogens is 15. The Hall–Kier alpha value is -1.83. The van der Waals surface area contributed by atoms with E-state index in [0.717, 1.165) is 6.92 Å². The first-order valence-corrected chi connectivity index (χ1v) is 7.55. The molecule has 174 valence electrons. The summed E-state index contributed by atoms with van der Waals surface area (Å²) in [6.07, 6.45) is -22.1. The van der Waals surface area contributed by atoms with Gasteiger partial charge in [0, 0.05) is 16.7 Å². The van der Waals surface area contributed by atoms with Crippen molar-refractivity contribution in [3.63, 3.8) is 0 Å². The highest BCUT2D eigenvalue weighted by Crippen LogP contribution is 2.53. The Morgan fingerprint density at radius 1 is 0.533 bits per heavy atom. The molecule has 0 spiro atoms. The van der Waals surface area contributed by atoms with Crippen LogP contribution in [-0.4, -0.2) is 18.5 Å². The molecule has 0 aromatic heterocycles. The molecule has 0 saturated heterocycles. The second-order valence-electron chi connectivity index (χ2n) is 6.02. The van der Waals surface area contributed by atoms with Crippen LogP contribution in [0.4, 0.5) is 65.9 Å². The average molecular weight is 474 g/mol. The minimum atomic E-state index is -6.70. The molecule has 0 heterocycles. The summed E-state index contributed by atoms with van der Waals surface area (Å²) in [5.41, 5.74) is -10.7. The van der Waals surface area contributed by atoms with Gasteiger partial charge < -0.3 is 0 Å². The van der Waals surface area contributed by atoms with Gasteiger partial charge in [0.05, 0.1) is 0 Å². The van der Waals surface area contributed by atoms with Crippen molar-refractivity contribution in [1.82, 2.24) is 0 Å². The summed E-state index contributed by atoms with van der Waals surface area (Å²) in [4.78, 5) is 0. The van der Waals surface area contributed by atoms with E-state index in [4.69, 9.17) is 0 Å². The molecule has 0 bridgehead atoms. The summed E-state index contributed by atoms with van der Waals surface area (Å²) in [6.45, 7) is 0.948. The molecule has 0 aliphatic heterocycles. The van der Waals surface area contributed by atoms with Crippen LogP contribution in [0.3, 0.4) is 0 Å². The Morgan fingerprint density at radius 2 is 0.833 bits per heavy atom. The second kappa shape index (κ2) is 7.39. The molecule has 15 heteroatoms. The van der Waals surface area contributed by atoms with Crippen LogP contribution in [0.15, 0.2) is 12.1 Å². The van der Waals surface area contributed by atoms with E-state index in [1.54, 1.807) is 0 Å². The quantitative estimate of drug-likeness (QED) is 0.386. The molecule has 0 amide bonds. The summed E-state index contributed by atoms with van der Waals surface area (Å²) in [5.74, 6) is -18.9. The molecule has 0 unspecified atom stereocenters. The van der Waals surface area contributed by atoms with Crippen LogP contribution in [0, 0.1) is 0 Å². The normalized spacial score (nSPS) is 14.9. The largest absolute Gasteiger partial charge is 0.458 e. The number of hydrogen-bond donors (Lipinski definition) is 0. The van der Waals surface area contributed by atoms with E-state index in [-0.39, 0.29) is 0 Å². The monoisotopic (exact) mass is 474 g/mol. The fourth-order valence-corrected chi connectivity index (χ4v) is 2.40. The van der Waals surface area contributed by atoms with E-state index in [1.165, 1.54) is 0 Å². The highest BCUT2D eigenvalue weighted by atomic mass is 19.4. The fourth-order valence-electron chi connectivity index (χ4n) is 2.40. The summed E-state index contributed by atoms with van der Waals surface area (Å²) in [7, 11) is 0. The van der Waals surface area contributed by atoms with Crippen molar-refractivity contribution in [2.45, 2.75) is 56.1 Å². The first-order valence-electron chi connectivity index (χ1n) is 7.55. The minimum Gasteiger partial charge on any atom is -0.191 e. The van der Waals surface area contributed by atoms with Gasteiger partial charge in [-0.3, -0.25) is 0 Å². The standard InChI is InChI=1S/C15H9F15/c1-2-3-7-8(11(18,19)14(25,26)27)4-6(10(16,17)13(22,23)24)5-9(7)12(20,21)15(28,29)30/h4-5H,2-3H2,1H3. The number of benzene rings is 1. The van der Waals surface area contributed by atoms with E-state index in [2.05, 4.69) is 0 Å². The van der Waals surface area contributed by atoms with E-state index in [9.17, 15) is 65.9 Å². The van der Waals surface area contributed by atoms with Crippen molar-refractivity contribution >= 4 is 0 Å². The predicted octanol–water partition coefficient (Wildman–Crippen LogP) is 7.60. The van der Waals surface area contributed by atoms with Gasteiger partial charge >= 0.3 is 36.3 Å². The van der Waals surface area contributed by atoms with E-state index in [1.807, 2.05) is 0 Å². The van der Waals surface area contributed by atoms with Crippen LogP contribution < -0.4 is 0 Å². The van der Waals surface area contributed by atoms with Gasteiger partial charge in [0.2, 0.25) is 0 Å². The molecular weight excluding hydrogens is 465 g/mol. The Bertz CT molecular complexity index is 717. The maximum Gasteiger partial charge on any atom is 0.458 e. The molecule has 0 N–H and O–H groups in total. The van der Waals surface area contributed by atoms with Crippen LogP contribution in [0.25, 0.3) is 0 Å². The molecule has 30 heavy (non-hydrogen) atoms. The van der Waals surface area contributed by atoms with E-state index < -0.39 is 83.5 Å². The van der Waals surface area contributed by atoms with Crippen LogP contribution >= 0.6 is 0 Å². The molecular formula is C15H9F15. The Labute approximate surface area is 157 Å². The number of alkyl halides is 15. The molecule has 0 fully saturated rings. The van der Waals surface area contributed by atoms with Gasteiger partial charge in [-0.25, -0.2) is 0 Å². The predicted molar refractivity (Wildman–Crippen MR) is 70.3 cm³/mol. The zero-order valence-electron chi connectivity index (χ0n) is 14.2. The topological polar surface area (TPSA) is 0 Å². The number of hydrogen-bond acceptors (Lipinski definition) is 0. The van der Waals surface area contributed by atoms with Gasteiger partial charge in [0.25, 0.3) is 0 Å². The van der Waals surface area contributed by atoms with Crippen molar-refractivity contribution in [2.75, 3.05) is 0 Å². The maximum atomic E-state index is 13.8. The van der Waals surface area contributed by atoms with E-state index >= 15 is 0 Å². The lowest BCUT2D eigenvalue weighted by molar-refractivity contribution is -0.295. The van der Waals surface area contributed by atoms with Gasteiger partial charge in [-0.05, 0) is 24.1 Å². The van der Waals surface area contributed by atoms with Gasteiger partial charge in [-0.2, -0.15) is 65.9 Å². The third kappa shape index (κ3) is 4.29. The first-order chi connectivity index (χ1) is 13.0. The van der Waals surface area contributed by atoms with Crippen molar-refractivity contribution < 1.29 is 65.9 Å². The molecule has 1 aromatic carbocycles. The first kappa shape index (κ1) is 26.2. The molecule has 0 atom stereocenters. The Kier molecular flexibility index (Phi) is 6.46. The third-order valence-electron chi connectivity index (χ3n) is 3.86. The summed E-state index contributed by atoms with van der Waals surface area (Å²) in [6, 6.07) is -2.11. The Morgan fingerprint density at radius 3 is 1.07 bits per heavy atom. The maximum absolute atomic E-state index is 13.8. The zero-order chi connectivity index (χ0) is 24.1. The van der Waals surface area contributed by atoms with Crippen molar-refractivity contribution in [3.05, 3.63) is 34.4 Å². The molecule has 0 aliphatic carbocycles. The third-order valence-corrected chi connectivity index (χ3v) is 3.86. The van der Waals surface area contributed by atoms with Gasteiger partial charge in [-0.15, -0.1) is 0 Å². The van der Waals surface area contributed by atoms with Crippen molar-refractivity contribution in [3.8, 4) is 0 Å². The van der Waals surface area contributed by atoms with Crippen molar-refractivity contribution in [2.24, 2.45) is 0 Å². The van der Waals surface area contributed by atoms with Crippen LogP contribution in [0.1, 0.15) is 35.6 Å². The molecule has 0 nitrogen and oxygen atoms in total. The molecule has 0 aliphatic rings. The van der Waals surface area contributed by atoms with Crippen LogP contribution in [0.2, 0.25) is 0 Å². The highest BCUT2D eigenvalue weighted by Gasteiger charge is 2.65. The van der Waals surface area contributed by atoms with Crippen molar-refractivity contribution in [1.29, 1.82) is 0 Å². The van der Waals surface area contributed by atoms with Gasteiger partial charge in [-0.1, -0.05) is 13.3 Å². The van der Waals surface area contributed by atoms with E-state index in [0.29, 0.717) is 0 Å². The van der Waals surface area contributed by atoms with Crippen LogP contribution in [-0.2, 0) is 24.2 Å². The second-order valence-corrected chi connectivity index (χ2v) is 6.02. The zero-order valence-corrected chi connectivity index (χ0v) is 14.2. The fraction of sp³-hybridized carbons (Fsp3) is 0.600. The SMILES string of the molecule is CCCc1c(C(F)(F)C(F)(F)F)cc(C(F)(F)C(F)(F)F)cc1C(F)(F)C(F)(F)F. The smallest absolute Gasteiger partial charge is 0.191 e. The summed E-state index contributed by atoms with van der Waals surface area (Å²) in [5, 5.41) is 0.